The van der Waals surface area contributed by atoms with Crippen molar-refractivity contribution in [2.75, 3.05) is 11.9 Å². The third-order valence-electron chi connectivity index (χ3n) is 4.76. The monoisotopic (exact) mass is 436 g/mol. The Morgan fingerprint density at radius 3 is 2.80 bits per heavy atom. The molecular weight excluding hydrogens is 415 g/mol. The topological polar surface area (TPSA) is 133 Å². The lowest BCUT2D eigenvalue weighted by molar-refractivity contribution is 0.0709. The van der Waals surface area contributed by atoms with Crippen molar-refractivity contribution in [2.45, 2.75) is 30.9 Å². The molecule has 2 aromatic rings. The molecule has 1 aliphatic rings. The molecule has 0 saturated carbocycles. The van der Waals surface area contributed by atoms with E-state index in [1.165, 1.54) is 29.9 Å². The van der Waals surface area contributed by atoms with Crippen LogP contribution in [-0.4, -0.2) is 42.8 Å². The van der Waals surface area contributed by atoms with Gasteiger partial charge in [0.25, 0.3) is 5.91 Å². The van der Waals surface area contributed by atoms with Crippen LogP contribution >= 0.6 is 0 Å². The van der Waals surface area contributed by atoms with Crippen molar-refractivity contribution >= 4 is 21.6 Å². The molecule has 0 radical (unpaired) electrons. The SMILES string of the molecule is CC(C)C(O)[C@@H]1COc2c(cn(C)c2C(=O)Nc2ccc(F)c(C#N)c2)S(=O)(=O)N1. The summed E-state index contributed by atoms with van der Waals surface area (Å²) >= 11 is 0. The molecule has 0 saturated heterocycles. The zero-order valence-corrected chi connectivity index (χ0v) is 17.3. The highest BCUT2D eigenvalue weighted by atomic mass is 32.2. The van der Waals surface area contributed by atoms with Gasteiger partial charge in [-0.2, -0.15) is 5.26 Å². The fraction of sp³-hybridized carbons (Fsp3) is 0.368. The summed E-state index contributed by atoms with van der Waals surface area (Å²) in [5, 5.41) is 21.7. The molecule has 160 valence electrons. The van der Waals surface area contributed by atoms with Gasteiger partial charge in [0.2, 0.25) is 10.0 Å². The molecule has 0 bridgehead atoms. The number of ether oxygens (including phenoxy) is 1. The van der Waals surface area contributed by atoms with E-state index in [2.05, 4.69) is 10.0 Å². The van der Waals surface area contributed by atoms with Gasteiger partial charge in [0.1, 0.15) is 23.4 Å². The molecular formula is C19H21FN4O5S. The molecule has 11 heteroatoms. The summed E-state index contributed by atoms with van der Waals surface area (Å²) in [4.78, 5) is 12.6. The van der Waals surface area contributed by atoms with Crippen molar-refractivity contribution in [3.63, 3.8) is 0 Å². The van der Waals surface area contributed by atoms with Crippen LogP contribution in [0.15, 0.2) is 29.3 Å². The first-order valence-electron chi connectivity index (χ1n) is 9.08. The van der Waals surface area contributed by atoms with Gasteiger partial charge < -0.3 is 19.7 Å². The lowest BCUT2D eigenvalue weighted by atomic mass is 10.0. The third kappa shape index (κ3) is 4.02. The molecule has 3 N–H and O–H groups in total. The number of halogens is 1. The quantitative estimate of drug-likeness (QED) is 0.662. The number of nitrogens with one attached hydrogen (secondary N) is 2. The van der Waals surface area contributed by atoms with E-state index in [0.717, 1.165) is 6.07 Å². The van der Waals surface area contributed by atoms with Gasteiger partial charge in [-0.25, -0.2) is 17.5 Å². The number of rotatable bonds is 4. The fourth-order valence-corrected chi connectivity index (χ4v) is 4.58. The molecule has 2 atom stereocenters. The number of sulfonamides is 1. The lowest BCUT2D eigenvalue weighted by Gasteiger charge is -2.24. The van der Waals surface area contributed by atoms with Gasteiger partial charge in [0.05, 0.1) is 17.7 Å². The number of aryl methyl sites for hydroxylation is 1. The van der Waals surface area contributed by atoms with Crippen LogP contribution < -0.4 is 14.8 Å². The lowest BCUT2D eigenvalue weighted by Crippen LogP contribution is -2.47. The van der Waals surface area contributed by atoms with Gasteiger partial charge >= 0.3 is 0 Å². The second-order valence-corrected chi connectivity index (χ2v) is 9.00. The third-order valence-corrected chi connectivity index (χ3v) is 6.24. The second-order valence-electron chi connectivity index (χ2n) is 7.32. The van der Waals surface area contributed by atoms with E-state index in [0.29, 0.717) is 0 Å². The number of nitriles is 1. The molecule has 0 fully saturated rings. The highest BCUT2D eigenvalue weighted by molar-refractivity contribution is 7.89. The standard InChI is InChI=1S/C19H21FN4O5S/c1-10(2)17(25)14-9-29-18-15(30(27,28)23-14)8-24(3)16(18)19(26)22-12-4-5-13(20)11(6-12)7-21/h4-6,8,10,14,17,23,25H,9H2,1-3H3,(H,22,26)/t14-,17?/m0/s1. The molecule has 9 nitrogen and oxygen atoms in total. The molecule has 1 aliphatic heterocycles. The van der Waals surface area contributed by atoms with Crippen molar-refractivity contribution < 1.29 is 27.4 Å². The number of carbonyl (C=O) groups excluding carboxylic acids is 1. The number of aliphatic hydroxyl groups excluding tert-OH is 1. The van der Waals surface area contributed by atoms with Crippen LogP contribution in [0.1, 0.15) is 29.9 Å². The first kappa shape index (κ1) is 21.8. The minimum absolute atomic E-state index is 0.0714. The fourth-order valence-electron chi connectivity index (χ4n) is 3.15. The Balaban J connectivity index is 1.96. The average molecular weight is 436 g/mol. The average Bonchev–Trinajstić information content (AvgIpc) is 2.96. The highest BCUT2D eigenvalue weighted by Gasteiger charge is 2.37. The van der Waals surface area contributed by atoms with Gasteiger partial charge in [0, 0.05) is 18.9 Å². The minimum atomic E-state index is -4.06. The summed E-state index contributed by atoms with van der Waals surface area (Å²) in [6.07, 6.45) is 0.251. The number of amides is 1. The van der Waals surface area contributed by atoms with Crippen molar-refractivity contribution in [3.05, 3.63) is 41.5 Å². The van der Waals surface area contributed by atoms with Crippen LogP contribution in [0.5, 0.6) is 5.75 Å². The molecule has 30 heavy (non-hydrogen) atoms. The Morgan fingerprint density at radius 1 is 1.47 bits per heavy atom. The van der Waals surface area contributed by atoms with Crippen molar-refractivity contribution in [1.29, 1.82) is 5.26 Å². The summed E-state index contributed by atoms with van der Waals surface area (Å²) in [6, 6.07) is 4.29. The van der Waals surface area contributed by atoms with E-state index in [4.69, 9.17) is 10.00 Å². The second kappa shape index (κ2) is 8.06. The maximum atomic E-state index is 13.5. The van der Waals surface area contributed by atoms with E-state index in [1.807, 2.05) is 0 Å². The smallest absolute Gasteiger partial charge is 0.276 e. The van der Waals surface area contributed by atoms with E-state index in [-0.39, 0.29) is 40.1 Å². The molecule has 0 aliphatic carbocycles. The molecule has 1 amide bonds. The van der Waals surface area contributed by atoms with Crippen LogP contribution in [0.2, 0.25) is 0 Å². The highest BCUT2D eigenvalue weighted by Crippen LogP contribution is 2.33. The van der Waals surface area contributed by atoms with Gasteiger partial charge in [-0.1, -0.05) is 13.8 Å². The molecule has 1 aromatic heterocycles. The number of carbonyl (C=O) groups is 1. The molecule has 1 unspecified atom stereocenters. The molecule has 1 aromatic carbocycles. The first-order valence-corrected chi connectivity index (χ1v) is 10.6. The zero-order chi connectivity index (χ0) is 22.2. The predicted molar refractivity (Wildman–Crippen MR) is 105 cm³/mol. The van der Waals surface area contributed by atoms with Gasteiger partial charge in [-0.05, 0) is 24.1 Å². The number of nitrogens with zero attached hydrogens (tertiary/aromatic N) is 2. The molecule has 3 rings (SSSR count). The largest absolute Gasteiger partial charge is 0.488 e. The Labute approximate surface area is 173 Å². The maximum Gasteiger partial charge on any atom is 0.276 e. The summed E-state index contributed by atoms with van der Waals surface area (Å²) in [7, 11) is -2.58. The number of hydrogen-bond acceptors (Lipinski definition) is 6. The Kier molecular flexibility index (Phi) is 5.85. The maximum absolute atomic E-state index is 13.5. The Hall–Kier alpha value is -2.94. The number of fused-ring (bicyclic) bond motifs is 1. The van der Waals surface area contributed by atoms with E-state index >= 15 is 0 Å². The van der Waals surface area contributed by atoms with E-state index in [9.17, 15) is 22.7 Å². The summed E-state index contributed by atoms with van der Waals surface area (Å²) in [6.45, 7) is 3.31. The van der Waals surface area contributed by atoms with Crippen molar-refractivity contribution in [3.8, 4) is 11.8 Å². The Morgan fingerprint density at radius 2 is 2.17 bits per heavy atom. The number of aliphatic hydroxyl groups is 1. The first-order chi connectivity index (χ1) is 14.0. The number of anilines is 1. The number of benzene rings is 1. The van der Waals surface area contributed by atoms with Crippen molar-refractivity contribution in [2.24, 2.45) is 13.0 Å². The van der Waals surface area contributed by atoms with Crippen LogP contribution in [-0.2, 0) is 17.1 Å². The van der Waals surface area contributed by atoms with E-state index < -0.39 is 33.9 Å². The summed E-state index contributed by atoms with van der Waals surface area (Å²) < 4.78 is 48.4. The number of aromatic nitrogens is 1. The normalized spacial score (nSPS) is 18.6. The molecule has 2 heterocycles. The summed E-state index contributed by atoms with van der Waals surface area (Å²) in [5.74, 6) is -1.80. The van der Waals surface area contributed by atoms with Gasteiger partial charge in [0.15, 0.2) is 11.4 Å². The number of hydrogen-bond donors (Lipinski definition) is 3. The van der Waals surface area contributed by atoms with E-state index in [1.54, 1.807) is 19.9 Å². The van der Waals surface area contributed by atoms with Gasteiger partial charge in [-0.3, -0.25) is 4.79 Å². The van der Waals surface area contributed by atoms with Crippen LogP contribution in [0.4, 0.5) is 10.1 Å². The summed E-state index contributed by atoms with van der Waals surface area (Å²) in [5.41, 5.74) is -0.152. The predicted octanol–water partition coefficient (Wildman–Crippen LogP) is 1.34. The van der Waals surface area contributed by atoms with Gasteiger partial charge in [-0.15, -0.1) is 0 Å². The Bertz CT molecular complexity index is 1140. The van der Waals surface area contributed by atoms with Crippen LogP contribution in [0, 0.1) is 23.1 Å². The minimum Gasteiger partial charge on any atom is -0.488 e. The van der Waals surface area contributed by atoms with Crippen LogP contribution in [0.3, 0.4) is 0 Å². The zero-order valence-electron chi connectivity index (χ0n) is 16.5. The van der Waals surface area contributed by atoms with Crippen LogP contribution in [0.25, 0.3) is 0 Å². The molecule has 0 spiro atoms. The van der Waals surface area contributed by atoms with Crippen molar-refractivity contribution in [1.82, 2.24) is 9.29 Å².